The predicted molar refractivity (Wildman–Crippen MR) is 103 cm³/mol. The molecule has 31 heavy (non-hydrogen) atoms. The highest BCUT2D eigenvalue weighted by atomic mass is 35.5. The van der Waals surface area contributed by atoms with Gasteiger partial charge in [0.15, 0.2) is 0 Å². The number of benzene rings is 2. The van der Waals surface area contributed by atoms with E-state index in [-0.39, 0.29) is 49.5 Å². The molecule has 0 aliphatic carbocycles. The molecule has 0 bridgehead atoms. The average molecular weight is 488 g/mol. The molecule has 0 aromatic heterocycles. The molecule has 1 aliphatic heterocycles. The van der Waals surface area contributed by atoms with Gasteiger partial charge in [-0.25, -0.2) is 0 Å². The maximum atomic E-state index is 13.1. The molecule has 1 heterocycles. The molecule has 170 valence electrons. The third kappa shape index (κ3) is 5.46. The van der Waals surface area contributed by atoms with E-state index in [1.54, 1.807) is 23.1 Å². The van der Waals surface area contributed by atoms with Crippen LogP contribution >= 0.6 is 23.2 Å². The van der Waals surface area contributed by atoms with Crippen molar-refractivity contribution in [3.63, 3.8) is 0 Å². The van der Waals surface area contributed by atoms with Crippen molar-refractivity contribution in [2.45, 2.75) is 30.9 Å². The summed E-state index contributed by atoms with van der Waals surface area (Å²) in [4.78, 5) is 1.56. The zero-order valence-electron chi connectivity index (χ0n) is 15.8. The smallest absolute Gasteiger partial charge is 0.396 e. The minimum atomic E-state index is -4.92. The highest BCUT2D eigenvalue weighted by Crippen LogP contribution is 2.40. The van der Waals surface area contributed by atoms with Gasteiger partial charge in [0.1, 0.15) is 12.3 Å². The van der Waals surface area contributed by atoms with Gasteiger partial charge >= 0.3 is 12.4 Å². The molecule has 0 saturated carbocycles. The number of aliphatic hydroxyl groups excluding tert-OH is 1. The van der Waals surface area contributed by atoms with Crippen molar-refractivity contribution >= 4 is 23.2 Å². The first-order valence-electron chi connectivity index (χ1n) is 9.05. The van der Waals surface area contributed by atoms with Crippen LogP contribution in [0.25, 0.3) is 0 Å². The van der Waals surface area contributed by atoms with Crippen molar-refractivity contribution in [2.24, 2.45) is 0 Å². The second-order valence-corrected chi connectivity index (χ2v) is 8.09. The Hall–Kier alpha value is -1.52. The SMILES string of the molecule is OCCC1(c2ccc(Cl)c(Cl)c2)CN(Cc2cc(C(F)(F)F)cc(C(F)(F)F)c2)CO1. The Morgan fingerprint density at radius 3 is 2.06 bits per heavy atom. The Bertz CT molecular complexity index is 918. The monoisotopic (exact) mass is 487 g/mol. The van der Waals surface area contributed by atoms with Crippen molar-refractivity contribution in [3.05, 3.63) is 68.7 Å². The zero-order valence-corrected chi connectivity index (χ0v) is 17.3. The summed E-state index contributed by atoms with van der Waals surface area (Å²) in [5, 5.41) is 10.1. The van der Waals surface area contributed by atoms with Gasteiger partial charge in [-0.05, 0) is 41.5 Å². The lowest BCUT2D eigenvalue weighted by Crippen LogP contribution is -2.33. The molecule has 1 unspecified atom stereocenters. The van der Waals surface area contributed by atoms with Crippen LogP contribution in [0.3, 0.4) is 0 Å². The number of hydrogen-bond donors (Lipinski definition) is 1. The molecule has 1 atom stereocenters. The number of nitrogens with zero attached hydrogens (tertiary/aromatic N) is 1. The van der Waals surface area contributed by atoms with Crippen LogP contribution in [0.2, 0.25) is 10.0 Å². The Labute approximate surface area is 184 Å². The van der Waals surface area contributed by atoms with Gasteiger partial charge in [0, 0.05) is 26.1 Å². The molecular formula is C20H17Cl2F6NO2. The van der Waals surface area contributed by atoms with E-state index < -0.39 is 29.1 Å². The summed E-state index contributed by atoms with van der Waals surface area (Å²) in [6.45, 7) is -0.391. The summed E-state index contributed by atoms with van der Waals surface area (Å²) >= 11 is 12.0. The predicted octanol–water partition coefficient (Wildman–Crippen LogP) is 6.10. The molecule has 1 N–H and O–H groups in total. The normalized spacial score (nSPS) is 20.4. The summed E-state index contributed by atoms with van der Waals surface area (Å²) in [7, 11) is 0. The summed E-state index contributed by atoms with van der Waals surface area (Å²) in [6, 6.07) is 6.25. The average Bonchev–Trinajstić information content (AvgIpc) is 3.06. The Morgan fingerprint density at radius 1 is 0.935 bits per heavy atom. The number of aliphatic hydroxyl groups is 1. The standard InChI is InChI=1S/C20H17Cl2F6NO2/c21-16-2-1-13(8-17(16)22)18(3-4-30)10-29(11-31-18)9-12-5-14(19(23,24)25)7-15(6-12)20(26,27)28/h1-2,5-8,30H,3-4,9-11H2. The van der Waals surface area contributed by atoms with Gasteiger partial charge in [0.05, 0.1) is 21.2 Å². The van der Waals surface area contributed by atoms with Crippen LogP contribution in [-0.2, 0) is 29.2 Å². The van der Waals surface area contributed by atoms with Crippen molar-refractivity contribution in [1.82, 2.24) is 4.90 Å². The highest BCUT2D eigenvalue weighted by Gasteiger charge is 2.42. The highest BCUT2D eigenvalue weighted by molar-refractivity contribution is 6.42. The van der Waals surface area contributed by atoms with Crippen LogP contribution in [0.1, 0.15) is 28.7 Å². The van der Waals surface area contributed by atoms with Gasteiger partial charge in [-0.15, -0.1) is 0 Å². The lowest BCUT2D eigenvalue weighted by Gasteiger charge is -2.28. The third-order valence-corrected chi connectivity index (χ3v) is 5.76. The number of halogens is 8. The second kappa shape index (κ2) is 8.78. The maximum absolute atomic E-state index is 13.1. The van der Waals surface area contributed by atoms with E-state index in [9.17, 15) is 31.4 Å². The molecule has 11 heteroatoms. The maximum Gasteiger partial charge on any atom is 0.416 e. The largest absolute Gasteiger partial charge is 0.416 e. The topological polar surface area (TPSA) is 32.7 Å². The summed E-state index contributed by atoms with van der Waals surface area (Å²) in [5.41, 5.74) is -3.33. The lowest BCUT2D eigenvalue weighted by atomic mass is 9.90. The Balaban J connectivity index is 1.89. The number of ether oxygens (including phenoxy) is 1. The van der Waals surface area contributed by atoms with Gasteiger partial charge in [-0.1, -0.05) is 29.3 Å². The molecular weight excluding hydrogens is 471 g/mol. The molecule has 1 saturated heterocycles. The molecule has 2 aromatic carbocycles. The minimum absolute atomic E-state index is 0.0577. The fraction of sp³-hybridized carbons (Fsp3) is 0.400. The fourth-order valence-electron chi connectivity index (χ4n) is 3.57. The molecule has 0 radical (unpaired) electrons. The van der Waals surface area contributed by atoms with Crippen LogP contribution in [0.4, 0.5) is 26.3 Å². The van der Waals surface area contributed by atoms with Gasteiger partial charge in [-0.2, -0.15) is 26.3 Å². The third-order valence-electron chi connectivity index (χ3n) is 5.02. The molecule has 0 spiro atoms. The van der Waals surface area contributed by atoms with Gasteiger partial charge in [-0.3, -0.25) is 4.90 Å². The summed E-state index contributed by atoms with van der Waals surface area (Å²) in [5.74, 6) is 0. The van der Waals surface area contributed by atoms with Crippen LogP contribution in [-0.4, -0.2) is 29.9 Å². The fourth-order valence-corrected chi connectivity index (χ4v) is 3.87. The van der Waals surface area contributed by atoms with Crippen LogP contribution in [0, 0.1) is 0 Å². The van der Waals surface area contributed by atoms with Gasteiger partial charge in [0.2, 0.25) is 0 Å². The number of hydrogen-bond acceptors (Lipinski definition) is 3. The molecule has 1 fully saturated rings. The van der Waals surface area contributed by atoms with Gasteiger partial charge in [0.25, 0.3) is 0 Å². The van der Waals surface area contributed by atoms with E-state index >= 15 is 0 Å². The van der Waals surface area contributed by atoms with E-state index in [2.05, 4.69) is 0 Å². The minimum Gasteiger partial charge on any atom is -0.396 e. The molecule has 1 aliphatic rings. The van der Waals surface area contributed by atoms with E-state index in [1.165, 1.54) is 0 Å². The van der Waals surface area contributed by atoms with E-state index in [4.69, 9.17) is 27.9 Å². The van der Waals surface area contributed by atoms with Crippen LogP contribution in [0.5, 0.6) is 0 Å². The van der Waals surface area contributed by atoms with Crippen molar-refractivity contribution in [2.75, 3.05) is 19.9 Å². The van der Waals surface area contributed by atoms with Gasteiger partial charge < -0.3 is 9.84 Å². The van der Waals surface area contributed by atoms with Crippen molar-refractivity contribution in [1.29, 1.82) is 0 Å². The molecule has 2 aromatic rings. The lowest BCUT2D eigenvalue weighted by molar-refractivity contribution is -0.143. The Morgan fingerprint density at radius 2 is 1.55 bits per heavy atom. The van der Waals surface area contributed by atoms with E-state index in [0.717, 1.165) is 0 Å². The molecule has 3 rings (SSSR count). The quantitative estimate of drug-likeness (QED) is 0.517. The second-order valence-electron chi connectivity index (χ2n) is 7.27. The first-order chi connectivity index (χ1) is 14.3. The molecule has 3 nitrogen and oxygen atoms in total. The first kappa shape index (κ1) is 24.1. The van der Waals surface area contributed by atoms with Crippen LogP contribution in [0.15, 0.2) is 36.4 Å². The first-order valence-corrected chi connectivity index (χ1v) is 9.81. The van der Waals surface area contributed by atoms with E-state index in [0.29, 0.717) is 22.7 Å². The molecule has 0 amide bonds. The van der Waals surface area contributed by atoms with Crippen molar-refractivity contribution < 1.29 is 36.2 Å². The van der Waals surface area contributed by atoms with E-state index in [1.807, 2.05) is 0 Å². The van der Waals surface area contributed by atoms with Crippen molar-refractivity contribution in [3.8, 4) is 0 Å². The summed E-state index contributed by atoms with van der Waals surface area (Å²) in [6.07, 6.45) is -9.69. The Kier molecular flexibility index (Phi) is 6.84. The summed E-state index contributed by atoms with van der Waals surface area (Å²) < 4.78 is 84.5. The van der Waals surface area contributed by atoms with Crippen LogP contribution < -0.4 is 0 Å². The number of rotatable bonds is 5. The number of alkyl halides is 6. The zero-order chi connectivity index (χ0) is 23.0.